The molecule has 3 heteroatoms. The molecule has 1 nitrogen and oxygen atoms in total. The molecule has 2 aromatic carbocycles. The van der Waals surface area contributed by atoms with Crippen LogP contribution in [0.15, 0.2) is 53.0 Å². The van der Waals surface area contributed by atoms with Gasteiger partial charge in [-0.05, 0) is 47.9 Å². The Morgan fingerprint density at radius 1 is 1.08 bits per heavy atom. The van der Waals surface area contributed by atoms with E-state index in [9.17, 15) is 0 Å². The van der Waals surface area contributed by atoms with Crippen LogP contribution in [-0.4, -0.2) is 5.60 Å². The standard InChI is InChI=1S/C22H18BrClO/c1-21(2)15-10-12(24)7-8-13(15)18-16(21)11-17(23)19-14-6-4-5-9-22(14,3)25-20(18)19/h4-11,14H,1-3H3. The van der Waals surface area contributed by atoms with Crippen molar-refractivity contribution in [3.05, 3.63) is 74.8 Å². The Bertz CT molecular complexity index is 1000. The topological polar surface area (TPSA) is 9.23 Å². The predicted octanol–water partition coefficient (Wildman–Crippen LogP) is 6.77. The Balaban J connectivity index is 1.86. The molecule has 2 aromatic rings. The number of hydrogen-bond donors (Lipinski definition) is 0. The lowest BCUT2D eigenvalue weighted by atomic mass is 9.80. The van der Waals surface area contributed by atoms with E-state index in [1.165, 1.54) is 27.8 Å². The molecule has 2 unspecified atom stereocenters. The van der Waals surface area contributed by atoms with E-state index in [0.717, 1.165) is 15.2 Å². The minimum absolute atomic E-state index is 0.100. The Morgan fingerprint density at radius 2 is 1.88 bits per heavy atom. The average Bonchev–Trinajstić information content (AvgIpc) is 2.98. The second-order valence-corrected chi connectivity index (χ2v) is 9.14. The van der Waals surface area contributed by atoms with Crippen molar-refractivity contribution in [2.45, 2.75) is 37.7 Å². The first-order chi connectivity index (χ1) is 11.8. The van der Waals surface area contributed by atoms with Crippen LogP contribution < -0.4 is 4.74 Å². The molecule has 1 aliphatic heterocycles. The number of halogens is 2. The maximum atomic E-state index is 6.60. The first-order valence-electron chi connectivity index (χ1n) is 8.55. The second-order valence-electron chi connectivity index (χ2n) is 7.85. The summed E-state index contributed by atoms with van der Waals surface area (Å²) in [6, 6.07) is 8.49. The van der Waals surface area contributed by atoms with E-state index in [0.29, 0.717) is 0 Å². The predicted molar refractivity (Wildman–Crippen MR) is 107 cm³/mol. The van der Waals surface area contributed by atoms with Crippen molar-refractivity contribution in [1.82, 2.24) is 0 Å². The van der Waals surface area contributed by atoms with Gasteiger partial charge in [0.05, 0.1) is 5.92 Å². The van der Waals surface area contributed by atoms with Crippen LogP contribution in [0.3, 0.4) is 0 Å². The van der Waals surface area contributed by atoms with Gasteiger partial charge in [-0.15, -0.1) is 0 Å². The molecule has 126 valence electrons. The van der Waals surface area contributed by atoms with Gasteiger partial charge in [0.25, 0.3) is 0 Å². The van der Waals surface area contributed by atoms with E-state index in [1.807, 2.05) is 6.07 Å². The van der Waals surface area contributed by atoms with Crippen LogP contribution in [0, 0.1) is 0 Å². The lowest BCUT2D eigenvalue weighted by molar-refractivity contribution is 0.156. The number of benzene rings is 2. The Morgan fingerprint density at radius 3 is 2.68 bits per heavy atom. The minimum Gasteiger partial charge on any atom is -0.481 e. The fraction of sp³-hybridized carbons (Fsp3) is 0.273. The Kier molecular flexibility index (Phi) is 3.02. The highest BCUT2D eigenvalue weighted by Crippen LogP contribution is 2.61. The van der Waals surface area contributed by atoms with Gasteiger partial charge in [-0.2, -0.15) is 0 Å². The van der Waals surface area contributed by atoms with Gasteiger partial charge < -0.3 is 4.74 Å². The molecule has 25 heavy (non-hydrogen) atoms. The van der Waals surface area contributed by atoms with Crippen LogP contribution in [0.5, 0.6) is 5.75 Å². The zero-order chi connectivity index (χ0) is 17.6. The summed E-state index contributed by atoms with van der Waals surface area (Å²) in [7, 11) is 0. The normalized spacial score (nSPS) is 26.7. The third-order valence-electron chi connectivity index (χ3n) is 5.96. The van der Waals surface area contributed by atoms with Gasteiger partial charge in [-0.3, -0.25) is 0 Å². The second kappa shape index (κ2) is 4.81. The molecule has 5 rings (SSSR count). The summed E-state index contributed by atoms with van der Waals surface area (Å²) < 4.78 is 7.73. The van der Waals surface area contributed by atoms with Crippen LogP contribution in [0.25, 0.3) is 11.1 Å². The van der Waals surface area contributed by atoms with Gasteiger partial charge in [-0.25, -0.2) is 0 Å². The van der Waals surface area contributed by atoms with Crippen molar-refractivity contribution in [2.75, 3.05) is 0 Å². The molecule has 3 aliphatic rings. The highest BCUT2D eigenvalue weighted by molar-refractivity contribution is 9.10. The van der Waals surface area contributed by atoms with Gasteiger partial charge in [0.15, 0.2) is 0 Å². The SMILES string of the molecule is CC1(C)c2cc(Cl)ccc2-c2c1cc(Br)c1c2OC2(C)C=CC=CC12. The van der Waals surface area contributed by atoms with Crippen molar-refractivity contribution in [3.63, 3.8) is 0 Å². The van der Waals surface area contributed by atoms with E-state index < -0.39 is 0 Å². The third-order valence-corrected chi connectivity index (χ3v) is 6.85. The molecule has 0 saturated carbocycles. The quantitative estimate of drug-likeness (QED) is 0.463. The molecule has 0 saturated heterocycles. The molecule has 0 N–H and O–H groups in total. The van der Waals surface area contributed by atoms with E-state index in [1.54, 1.807) is 0 Å². The highest BCUT2D eigenvalue weighted by Gasteiger charge is 2.48. The molecule has 0 bridgehead atoms. The molecule has 0 fully saturated rings. The van der Waals surface area contributed by atoms with Gasteiger partial charge >= 0.3 is 0 Å². The molecular weight excluding hydrogens is 396 g/mol. The van der Waals surface area contributed by atoms with E-state index >= 15 is 0 Å². The Labute approximate surface area is 161 Å². The van der Waals surface area contributed by atoms with Crippen molar-refractivity contribution in [1.29, 1.82) is 0 Å². The van der Waals surface area contributed by atoms with E-state index in [2.05, 4.69) is 79.2 Å². The van der Waals surface area contributed by atoms with Crippen molar-refractivity contribution in [2.24, 2.45) is 0 Å². The van der Waals surface area contributed by atoms with Gasteiger partial charge in [-0.1, -0.05) is 65.7 Å². The molecular formula is C22H18BrClO. The van der Waals surface area contributed by atoms with Crippen molar-refractivity contribution < 1.29 is 4.74 Å². The lowest BCUT2D eigenvalue weighted by Crippen LogP contribution is -2.32. The van der Waals surface area contributed by atoms with Crippen molar-refractivity contribution >= 4 is 27.5 Å². The molecule has 0 spiro atoms. The first-order valence-corrected chi connectivity index (χ1v) is 9.72. The molecule has 2 aliphatic carbocycles. The van der Waals surface area contributed by atoms with Crippen molar-refractivity contribution in [3.8, 4) is 16.9 Å². The van der Waals surface area contributed by atoms with Gasteiger partial charge in [0.1, 0.15) is 11.4 Å². The first kappa shape index (κ1) is 15.7. The number of allylic oxidation sites excluding steroid dienone is 2. The van der Waals surface area contributed by atoms with Crippen LogP contribution >= 0.6 is 27.5 Å². The molecule has 0 radical (unpaired) electrons. The summed E-state index contributed by atoms with van der Waals surface area (Å²) in [6.07, 6.45) is 8.60. The van der Waals surface area contributed by atoms with E-state index in [4.69, 9.17) is 16.3 Å². The van der Waals surface area contributed by atoms with Crippen LogP contribution in [0.1, 0.15) is 43.4 Å². The van der Waals surface area contributed by atoms with Gasteiger partial charge in [0.2, 0.25) is 0 Å². The molecule has 0 amide bonds. The lowest BCUT2D eigenvalue weighted by Gasteiger charge is -2.27. The smallest absolute Gasteiger partial charge is 0.135 e. The zero-order valence-corrected chi connectivity index (χ0v) is 16.7. The number of ether oxygens (including phenoxy) is 1. The average molecular weight is 414 g/mol. The van der Waals surface area contributed by atoms with Crippen LogP contribution in [-0.2, 0) is 5.41 Å². The zero-order valence-electron chi connectivity index (χ0n) is 14.4. The fourth-order valence-corrected chi connectivity index (χ4v) is 5.44. The van der Waals surface area contributed by atoms with Crippen LogP contribution in [0.4, 0.5) is 0 Å². The largest absolute Gasteiger partial charge is 0.481 e. The summed E-state index contributed by atoms with van der Waals surface area (Å²) in [5.74, 6) is 1.24. The summed E-state index contributed by atoms with van der Waals surface area (Å²) in [4.78, 5) is 0. The number of hydrogen-bond acceptors (Lipinski definition) is 1. The summed E-state index contributed by atoms with van der Waals surface area (Å²) in [5, 5.41) is 0.780. The van der Waals surface area contributed by atoms with Crippen LogP contribution in [0.2, 0.25) is 5.02 Å². The molecule has 0 aromatic heterocycles. The highest BCUT2D eigenvalue weighted by atomic mass is 79.9. The maximum absolute atomic E-state index is 6.60. The summed E-state index contributed by atoms with van der Waals surface area (Å²) >= 11 is 10.1. The summed E-state index contributed by atoms with van der Waals surface area (Å²) in [6.45, 7) is 6.69. The molecule has 2 atom stereocenters. The van der Waals surface area contributed by atoms with E-state index in [-0.39, 0.29) is 16.9 Å². The molecule has 1 heterocycles. The number of fused-ring (bicyclic) bond motifs is 7. The number of rotatable bonds is 0. The van der Waals surface area contributed by atoms with Gasteiger partial charge in [0, 0.05) is 26.0 Å². The fourth-order valence-electron chi connectivity index (χ4n) is 4.61. The maximum Gasteiger partial charge on any atom is 0.135 e. The monoisotopic (exact) mass is 412 g/mol. The summed E-state index contributed by atoms with van der Waals surface area (Å²) in [5.41, 5.74) is 5.86. The minimum atomic E-state index is -0.325. The Hall–Kier alpha value is -1.51. The third kappa shape index (κ3) is 1.90.